The van der Waals surface area contributed by atoms with Gasteiger partial charge in [0, 0.05) is 5.54 Å². The third-order valence-corrected chi connectivity index (χ3v) is 0.991. The van der Waals surface area contributed by atoms with Crippen molar-refractivity contribution in [1.29, 1.82) is 0 Å². The SMILES string of the molecule is CCOC(=O)C(C=O)=CCl. The molecule has 0 saturated heterocycles. The lowest BCUT2D eigenvalue weighted by Crippen LogP contribution is -2.07. The topological polar surface area (TPSA) is 43.4 Å². The molecule has 0 fully saturated rings. The third kappa shape index (κ3) is 2.64. The zero-order valence-corrected chi connectivity index (χ0v) is 6.22. The average Bonchev–Trinajstić information content (AvgIpc) is 1.91. The van der Waals surface area contributed by atoms with Gasteiger partial charge in [-0.1, -0.05) is 11.6 Å². The first kappa shape index (κ1) is 9.17. The molecule has 0 aliphatic heterocycles. The molecule has 0 bridgehead atoms. The van der Waals surface area contributed by atoms with Gasteiger partial charge in [-0.3, -0.25) is 4.79 Å². The Morgan fingerprint density at radius 3 is 2.60 bits per heavy atom. The number of rotatable bonds is 3. The van der Waals surface area contributed by atoms with Crippen LogP contribution in [0.3, 0.4) is 0 Å². The summed E-state index contributed by atoms with van der Waals surface area (Å²) in [6, 6.07) is 0. The second-order valence-electron chi connectivity index (χ2n) is 1.40. The Kier molecular flexibility index (Phi) is 4.58. The summed E-state index contributed by atoms with van der Waals surface area (Å²) in [5, 5.41) is 0. The van der Waals surface area contributed by atoms with Gasteiger partial charge in [0.1, 0.15) is 5.57 Å². The fourth-order valence-corrected chi connectivity index (χ4v) is 0.473. The van der Waals surface area contributed by atoms with Gasteiger partial charge in [-0.25, -0.2) is 4.79 Å². The molecule has 0 aromatic carbocycles. The molecule has 0 unspecified atom stereocenters. The van der Waals surface area contributed by atoms with E-state index in [0.29, 0.717) is 6.29 Å². The van der Waals surface area contributed by atoms with E-state index in [1.807, 2.05) is 0 Å². The largest absolute Gasteiger partial charge is 0.462 e. The van der Waals surface area contributed by atoms with Gasteiger partial charge in [0.15, 0.2) is 6.29 Å². The van der Waals surface area contributed by atoms with E-state index in [2.05, 4.69) is 4.74 Å². The molecule has 0 N–H and O–H groups in total. The number of esters is 1. The van der Waals surface area contributed by atoms with Crippen molar-refractivity contribution in [3.8, 4) is 0 Å². The molecule has 0 heterocycles. The number of ether oxygens (including phenoxy) is 1. The Morgan fingerprint density at radius 1 is 1.70 bits per heavy atom. The molecule has 0 atom stereocenters. The van der Waals surface area contributed by atoms with Crippen molar-refractivity contribution in [3.05, 3.63) is 11.1 Å². The minimum absolute atomic E-state index is 0.163. The van der Waals surface area contributed by atoms with E-state index < -0.39 is 5.97 Å². The lowest BCUT2D eigenvalue weighted by molar-refractivity contribution is -0.139. The highest BCUT2D eigenvalue weighted by Crippen LogP contribution is 1.95. The Balaban J connectivity index is 4.04. The first-order valence-corrected chi connectivity index (χ1v) is 3.12. The quantitative estimate of drug-likeness (QED) is 0.203. The Labute approximate surface area is 63.6 Å². The third-order valence-electron chi connectivity index (χ3n) is 0.756. The van der Waals surface area contributed by atoms with Gasteiger partial charge in [0.2, 0.25) is 0 Å². The number of halogens is 1. The van der Waals surface area contributed by atoms with Crippen molar-refractivity contribution < 1.29 is 14.3 Å². The Morgan fingerprint density at radius 2 is 2.30 bits per heavy atom. The molecular weight excluding hydrogens is 156 g/mol. The van der Waals surface area contributed by atoms with E-state index in [1.54, 1.807) is 6.92 Å². The van der Waals surface area contributed by atoms with Crippen LogP contribution in [0.1, 0.15) is 6.92 Å². The second kappa shape index (κ2) is 4.99. The van der Waals surface area contributed by atoms with Crippen LogP contribution in [0.15, 0.2) is 11.1 Å². The van der Waals surface area contributed by atoms with Crippen molar-refractivity contribution in [2.24, 2.45) is 0 Å². The maximum absolute atomic E-state index is 10.6. The van der Waals surface area contributed by atoms with Crippen LogP contribution in [-0.4, -0.2) is 18.9 Å². The first-order valence-electron chi connectivity index (χ1n) is 2.69. The van der Waals surface area contributed by atoms with E-state index in [1.165, 1.54) is 0 Å². The molecule has 0 rings (SSSR count). The first-order chi connectivity index (χ1) is 4.76. The molecule has 4 heteroatoms. The minimum atomic E-state index is -0.687. The summed E-state index contributed by atoms with van der Waals surface area (Å²) < 4.78 is 4.46. The molecule has 0 amide bonds. The van der Waals surface area contributed by atoms with Crippen molar-refractivity contribution in [1.82, 2.24) is 0 Å². The smallest absolute Gasteiger partial charge is 0.342 e. The minimum Gasteiger partial charge on any atom is -0.462 e. The van der Waals surface area contributed by atoms with Crippen molar-refractivity contribution in [2.45, 2.75) is 6.92 Å². The van der Waals surface area contributed by atoms with E-state index >= 15 is 0 Å². The van der Waals surface area contributed by atoms with Crippen LogP contribution in [0.25, 0.3) is 0 Å². The maximum atomic E-state index is 10.6. The monoisotopic (exact) mass is 162 g/mol. The van der Waals surface area contributed by atoms with Crippen LogP contribution in [0.4, 0.5) is 0 Å². The van der Waals surface area contributed by atoms with E-state index in [4.69, 9.17) is 11.6 Å². The lowest BCUT2D eigenvalue weighted by atomic mass is 10.3. The van der Waals surface area contributed by atoms with Gasteiger partial charge in [-0.05, 0) is 6.92 Å². The molecule has 0 radical (unpaired) electrons. The number of aldehydes is 1. The fraction of sp³-hybridized carbons (Fsp3) is 0.333. The molecule has 10 heavy (non-hydrogen) atoms. The van der Waals surface area contributed by atoms with Crippen molar-refractivity contribution >= 4 is 23.9 Å². The van der Waals surface area contributed by atoms with Gasteiger partial charge >= 0.3 is 5.97 Å². The number of carbonyl (C=O) groups excluding carboxylic acids is 2. The molecule has 0 aliphatic rings. The summed E-state index contributed by atoms with van der Waals surface area (Å²) in [7, 11) is 0. The number of hydrogen-bond donors (Lipinski definition) is 0. The van der Waals surface area contributed by atoms with Crippen LogP contribution in [0, 0.1) is 0 Å². The van der Waals surface area contributed by atoms with Crippen LogP contribution in [0.5, 0.6) is 0 Å². The van der Waals surface area contributed by atoms with Crippen molar-refractivity contribution in [3.63, 3.8) is 0 Å². The highest BCUT2D eigenvalue weighted by atomic mass is 35.5. The summed E-state index contributed by atoms with van der Waals surface area (Å²) >= 11 is 5.10. The molecule has 0 spiro atoms. The van der Waals surface area contributed by atoms with Crippen LogP contribution in [-0.2, 0) is 14.3 Å². The average molecular weight is 163 g/mol. The van der Waals surface area contributed by atoms with Crippen LogP contribution < -0.4 is 0 Å². The lowest BCUT2D eigenvalue weighted by Gasteiger charge is -1.96. The van der Waals surface area contributed by atoms with E-state index in [0.717, 1.165) is 5.54 Å². The molecule has 0 aromatic rings. The predicted octanol–water partition coefficient (Wildman–Crippen LogP) is 0.871. The molecular formula is C6H7ClO3. The van der Waals surface area contributed by atoms with Gasteiger partial charge < -0.3 is 4.74 Å². The molecule has 56 valence electrons. The van der Waals surface area contributed by atoms with Crippen LogP contribution >= 0.6 is 11.6 Å². The van der Waals surface area contributed by atoms with E-state index in [-0.39, 0.29) is 12.2 Å². The summed E-state index contributed by atoms with van der Waals surface area (Å²) in [4.78, 5) is 20.6. The summed E-state index contributed by atoms with van der Waals surface area (Å²) in [6.07, 6.45) is 0.352. The highest BCUT2D eigenvalue weighted by Gasteiger charge is 2.06. The second-order valence-corrected chi connectivity index (χ2v) is 1.62. The predicted molar refractivity (Wildman–Crippen MR) is 36.6 cm³/mol. The fourth-order valence-electron chi connectivity index (χ4n) is 0.333. The van der Waals surface area contributed by atoms with Gasteiger partial charge in [0.25, 0.3) is 0 Å². The maximum Gasteiger partial charge on any atom is 0.342 e. The molecule has 3 nitrogen and oxygen atoms in total. The number of carbonyl (C=O) groups is 2. The molecule has 0 aliphatic carbocycles. The standard InChI is InChI=1S/C6H7ClO3/c1-2-10-6(9)5(3-7)4-8/h3-4H,2H2,1H3. The summed E-state index contributed by atoms with van der Waals surface area (Å²) in [5.74, 6) is -0.687. The Hall–Kier alpha value is -0.830. The normalized spacial score (nSPS) is 10.8. The zero-order valence-electron chi connectivity index (χ0n) is 5.46. The van der Waals surface area contributed by atoms with E-state index in [9.17, 15) is 9.59 Å². The molecule has 0 aromatic heterocycles. The summed E-state index contributed by atoms with van der Waals surface area (Å²) in [5.41, 5.74) is 0.730. The zero-order chi connectivity index (χ0) is 7.98. The highest BCUT2D eigenvalue weighted by molar-refractivity contribution is 6.30. The summed E-state index contributed by atoms with van der Waals surface area (Å²) in [6.45, 7) is 1.88. The Bertz CT molecular complexity index is 162. The van der Waals surface area contributed by atoms with Gasteiger partial charge in [-0.2, -0.15) is 0 Å². The number of hydrogen-bond acceptors (Lipinski definition) is 3. The van der Waals surface area contributed by atoms with Gasteiger partial charge in [-0.15, -0.1) is 0 Å². The van der Waals surface area contributed by atoms with Gasteiger partial charge in [0.05, 0.1) is 6.61 Å². The van der Waals surface area contributed by atoms with Crippen molar-refractivity contribution in [2.75, 3.05) is 6.61 Å². The molecule has 0 saturated carbocycles. The van der Waals surface area contributed by atoms with Crippen LogP contribution in [0.2, 0.25) is 0 Å².